The molecule has 2 fully saturated rings. The number of aromatic nitrogens is 2. The zero-order chi connectivity index (χ0) is 18.5. The Morgan fingerprint density at radius 2 is 1.92 bits per heavy atom. The first-order chi connectivity index (χ1) is 12.4. The lowest BCUT2D eigenvalue weighted by molar-refractivity contribution is 0.0907. The molecular weight excluding hydrogens is 344 g/mol. The van der Waals surface area contributed by atoms with Crippen LogP contribution in [0.25, 0.3) is 0 Å². The lowest BCUT2D eigenvalue weighted by Crippen LogP contribution is -2.38. The van der Waals surface area contributed by atoms with Gasteiger partial charge in [0.05, 0.1) is 29.0 Å². The van der Waals surface area contributed by atoms with Crippen molar-refractivity contribution in [3.63, 3.8) is 0 Å². The third-order valence-corrected chi connectivity index (χ3v) is 6.75. The zero-order valence-electron chi connectivity index (χ0n) is 16.2. The van der Waals surface area contributed by atoms with Gasteiger partial charge in [0.25, 0.3) is 0 Å². The summed E-state index contributed by atoms with van der Waals surface area (Å²) in [5.41, 5.74) is 3.12. The number of nitrogens with zero attached hydrogens (tertiary/aromatic N) is 3. The van der Waals surface area contributed by atoms with E-state index in [-0.39, 0.29) is 17.2 Å². The van der Waals surface area contributed by atoms with E-state index in [2.05, 4.69) is 28.7 Å². The Hall–Kier alpha value is -1.43. The van der Waals surface area contributed by atoms with Crippen molar-refractivity contribution in [1.82, 2.24) is 20.0 Å². The van der Waals surface area contributed by atoms with Gasteiger partial charge in [0.2, 0.25) is 0 Å². The van der Waals surface area contributed by atoms with Gasteiger partial charge in [0.1, 0.15) is 0 Å². The van der Waals surface area contributed by atoms with Gasteiger partial charge in [0, 0.05) is 20.0 Å². The van der Waals surface area contributed by atoms with E-state index in [4.69, 9.17) is 17.3 Å². The topological polar surface area (TPSA) is 50.2 Å². The lowest BCUT2D eigenvalue weighted by Gasteiger charge is -2.31. The molecule has 5 nitrogen and oxygen atoms in total. The van der Waals surface area contributed by atoms with Gasteiger partial charge in [-0.25, -0.2) is 0 Å². The summed E-state index contributed by atoms with van der Waals surface area (Å²) in [5.74, 6) is 0.276. The van der Waals surface area contributed by atoms with Crippen LogP contribution in [0.4, 0.5) is 0 Å². The summed E-state index contributed by atoms with van der Waals surface area (Å²) in [4.78, 5) is 15.4. The number of hydrogen-bond donors (Lipinski definition) is 1. The molecule has 0 aromatic carbocycles. The van der Waals surface area contributed by atoms with Gasteiger partial charge in [-0.3, -0.25) is 9.48 Å². The fourth-order valence-corrected chi connectivity index (χ4v) is 5.34. The largest absolute Gasteiger partial charge is 0.366 e. The molecule has 0 amide bonds. The number of likely N-dealkylation sites (tertiary alicyclic amines) is 1. The Balaban J connectivity index is 1.80. The third kappa shape index (κ3) is 2.96. The van der Waals surface area contributed by atoms with Crippen molar-refractivity contribution in [3.05, 3.63) is 17.0 Å². The first-order valence-corrected chi connectivity index (χ1v) is 10.4. The zero-order valence-corrected chi connectivity index (χ0v) is 17.0. The summed E-state index contributed by atoms with van der Waals surface area (Å²) in [7, 11) is 1.87. The number of carbonyl (C=O) groups excluding carboxylic acids is 1. The number of hydrogen-bond acceptors (Lipinski definition) is 3. The molecule has 6 heteroatoms. The second kappa shape index (κ2) is 6.63. The van der Waals surface area contributed by atoms with E-state index in [1.54, 1.807) is 0 Å². The van der Waals surface area contributed by atoms with Crippen LogP contribution < -0.4 is 5.32 Å². The van der Waals surface area contributed by atoms with Crippen LogP contribution in [0.3, 0.4) is 0 Å². The van der Waals surface area contributed by atoms with E-state index in [1.807, 2.05) is 7.05 Å². The average Bonchev–Trinajstić information content (AvgIpc) is 3.31. The molecule has 1 aliphatic heterocycles. The van der Waals surface area contributed by atoms with E-state index < -0.39 is 0 Å². The molecule has 1 aromatic heterocycles. The molecule has 1 atom stereocenters. The summed E-state index contributed by atoms with van der Waals surface area (Å²) in [5, 5.41) is 8.98. The molecule has 1 N–H and O–H groups in total. The number of fused-ring (bicyclic) bond motifs is 1. The minimum Gasteiger partial charge on any atom is -0.366 e. The summed E-state index contributed by atoms with van der Waals surface area (Å²) in [6.07, 6.45) is 8.59. The fourth-order valence-electron chi connectivity index (χ4n) is 5.12. The monoisotopic (exact) mass is 374 g/mol. The van der Waals surface area contributed by atoms with Gasteiger partial charge in [0.15, 0.2) is 10.9 Å². The quantitative estimate of drug-likeness (QED) is 0.798. The normalized spacial score (nSPS) is 25.6. The van der Waals surface area contributed by atoms with Gasteiger partial charge >= 0.3 is 0 Å². The molecule has 1 saturated carbocycles. The van der Waals surface area contributed by atoms with E-state index in [9.17, 15) is 4.79 Å². The maximum Gasteiger partial charge on any atom is 0.169 e. The standard InChI is InChI=1S/C20H30N4OS/c1-20(2)11-15-17(16(25)12-20)18(22-24(15)13-7-4-5-8-13)14-9-6-10-23(14)19(26)21-3/h13-14H,4-12H2,1-3H3,(H,21,26)/t14-/m0/s1. The van der Waals surface area contributed by atoms with Gasteiger partial charge < -0.3 is 10.2 Å². The van der Waals surface area contributed by atoms with Crippen LogP contribution in [0, 0.1) is 5.41 Å². The van der Waals surface area contributed by atoms with Gasteiger partial charge in [-0.15, -0.1) is 0 Å². The molecule has 0 bridgehead atoms. The van der Waals surface area contributed by atoms with Crippen molar-refractivity contribution in [1.29, 1.82) is 0 Å². The van der Waals surface area contributed by atoms with Crippen molar-refractivity contribution >= 4 is 23.1 Å². The summed E-state index contributed by atoms with van der Waals surface area (Å²) >= 11 is 5.52. The third-order valence-electron chi connectivity index (χ3n) is 6.31. The molecule has 0 unspecified atom stereocenters. The Bertz CT molecular complexity index is 732. The van der Waals surface area contributed by atoms with Crippen LogP contribution in [0.2, 0.25) is 0 Å². The molecular formula is C20H30N4OS. The number of nitrogens with one attached hydrogen (secondary N) is 1. The van der Waals surface area contributed by atoms with Crippen molar-refractivity contribution in [2.45, 2.75) is 77.3 Å². The van der Waals surface area contributed by atoms with Crippen LogP contribution in [-0.2, 0) is 6.42 Å². The highest BCUT2D eigenvalue weighted by atomic mass is 32.1. The minimum absolute atomic E-state index is 0.0212. The van der Waals surface area contributed by atoms with Gasteiger partial charge in [-0.2, -0.15) is 5.10 Å². The molecule has 1 aromatic rings. The predicted octanol–water partition coefficient (Wildman–Crippen LogP) is 3.79. The van der Waals surface area contributed by atoms with Crippen molar-refractivity contribution < 1.29 is 4.79 Å². The fraction of sp³-hybridized carbons (Fsp3) is 0.750. The van der Waals surface area contributed by atoms with E-state index in [0.29, 0.717) is 12.5 Å². The number of ketones is 1. The number of carbonyl (C=O) groups is 1. The van der Waals surface area contributed by atoms with E-state index in [0.717, 1.165) is 42.2 Å². The maximum atomic E-state index is 13.1. The van der Waals surface area contributed by atoms with Crippen LogP contribution >= 0.6 is 12.2 Å². The highest BCUT2D eigenvalue weighted by Gasteiger charge is 2.41. The molecule has 3 aliphatic rings. The molecule has 2 heterocycles. The Morgan fingerprint density at radius 3 is 2.62 bits per heavy atom. The average molecular weight is 375 g/mol. The highest BCUT2D eigenvalue weighted by Crippen LogP contribution is 2.43. The Labute approximate surface area is 161 Å². The van der Waals surface area contributed by atoms with E-state index in [1.165, 1.54) is 31.4 Å². The first-order valence-electron chi connectivity index (χ1n) is 10.0. The molecule has 1 saturated heterocycles. The van der Waals surface area contributed by atoms with E-state index >= 15 is 0 Å². The second-order valence-electron chi connectivity index (χ2n) is 8.94. The van der Waals surface area contributed by atoms with Crippen LogP contribution in [-0.4, -0.2) is 39.2 Å². The van der Waals surface area contributed by atoms with Crippen LogP contribution in [0.1, 0.15) is 92.6 Å². The molecule has 142 valence electrons. The van der Waals surface area contributed by atoms with Gasteiger partial charge in [-0.1, -0.05) is 26.7 Å². The summed E-state index contributed by atoms with van der Waals surface area (Å²) in [6.45, 7) is 5.35. The maximum absolute atomic E-state index is 13.1. The molecule has 0 radical (unpaired) electrons. The molecule has 2 aliphatic carbocycles. The van der Waals surface area contributed by atoms with Gasteiger partial charge in [-0.05, 0) is 49.7 Å². The predicted molar refractivity (Wildman–Crippen MR) is 107 cm³/mol. The second-order valence-corrected chi connectivity index (χ2v) is 9.32. The lowest BCUT2D eigenvalue weighted by atomic mass is 9.75. The summed E-state index contributed by atoms with van der Waals surface area (Å²) < 4.78 is 2.25. The first kappa shape index (κ1) is 18.0. The summed E-state index contributed by atoms with van der Waals surface area (Å²) in [6, 6.07) is 0.599. The molecule has 26 heavy (non-hydrogen) atoms. The SMILES string of the molecule is CNC(=S)N1CCC[C@H]1c1nn(C2CCCC2)c2c1C(=O)CC(C)(C)C2. The van der Waals surface area contributed by atoms with Crippen LogP contribution in [0.5, 0.6) is 0 Å². The molecule has 4 rings (SSSR count). The highest BCUT2D eigenvalue weighted by molar-refractivity contribution is 7.80. The Kier molecular flexibility index (Phi) is 4.58. The van der Waals surface area contributed by atoms with Crippen molar-refractivity contribution in [2.75, 3.05) is 13.6 Å². The van der Waals surface area contributed by atoms with Crippen LogP contribution in [0.15, 0.2) is 0 Å². The number of Topliss-reactive ketones (excluding diaryl/α,β-unsaturated/α-hetero) is 1. The smallest absolute Gasteiger partial charge is 0.169 e. The molecule has 0 spiro atoms. The number of rotatable bonds is 2. The van der Waals surface area contributed by atoms with Crippen molar-refractivity contribution in [3.8, 4) is 0 Å². The minimum atomic E-state index is 0.0212. The van der Waals surface area contributed by atoms with Crippen molar-refractivity contribution in [2.24, 2.45) is 5.41 Å². The Morgan fingerprint density at radius 1 is 1.19 bits per heavy atom. The number of thiocarbonyl (C=S) groups is 1.